The minimum atomic E-state index is 0.592. The monoisotopic (exact) mass is 482 g/mol. The van der Waals surface area contributed by atoms with Gasteiger partial charge in [-0.15, -0.1) is 11.3 Å². The van der Waals surface area contributed by atoms with E-state index in [0.29, 0.717) is 23.7 Å². The number of nitrogens with one attached hydrogen (secondary N) is 2. The summed E-state index contributed by atoms with van der Waals surface area (Å²) in [5.41, 5.74) is 5.83. The molecule has 6 aromatic heterocycles. The van der Waals surface area contributed by atoms with Crippen LogP contribution in [0.15, 0.2) is 60.5 Å². The average molecular weight is 483 g/mol. The van der Waals surface area contributed by atoms with Crippen molar-refractivity contribution in [2.75, 3.05) is 27.2 Å². The summed E-state index contributed by atoms with van der Waals surface area (Å²) >= 11 is 1.68. The number of imidazole rings is 1. The fourth-order valence-corrected chi connectivity index (χ4v) is 4.66. The highest BCUT2D eigenvalue weighted by atomic mass is 32.1. The lowest BCUT2D eigenvalue weighted by Crippen LogP contribution is -2.19. The number of ether oxygens (including phenoxy) is 1. The summed E-state index contributed by atoms with van der Waals surface area (Å²) in [7, 11) is 4.03. The molecule has 9 nitrogen and oxygen atoms in total. The number of aromatic nitrogens is 7. The van der Waals surface area contributed by atoms with Crippen LogP contribution in [0.5, 0.6) is 5.75 Å². The molecule has 2 N–H and O–H groups in total. The van der Waals surface area contributed by atoms with Crippen molar-refractivity contribution in [1.29, 1.82) is 0 Å². The van der Waals surface area contributed by atoms with Crippen LogP contribution >= 0.6 is 11.3 Å². The average Bonchev–Trinajstić information content (AvgIpc) is 3.62. The first-order valence-electron chi connectivity index (χ1n) is 11.1. The summed E-state index contributed by atoms with van der Waals surface area (Å²) in [6, 6.07) is 10.2. The van der Waals surface area contributed by atoms with Gasteiger partial charge in [0.25, 0.3) is 0 Å². The predicted octanol–water partition coefficient (Wildman–Crippen LogP) is 4.63. The lowest BCUT2D eigenvalue weighted by Gasteiger charge is -2.11. The van der Waals surface area contributed by atoms with Gasteiger partial charge in [0.15, 0.2) is 17.1 Å². The molecule has 0 saturated heterocycles. The molecule has 0 fully saturated rings. The minimum Gasteiger partial charge on any atom is -0.491 e. The topological polar surface area (TPSA) is 108 Å². The van der Waals surface area contributed by atoms with Crippen molar-refractivity contribution >= 4 is 33.5 Å². The van der Waals surface area contributed by atoms with E-state index in [1.807, 2.05) is 38.4 Å². The first kappa shape index (κ1) is 21.4. The number of hydrogen-bond acceptors (Lipinski definition) is 8. The largest absolute Gasteiger partial charge is 0.491 e. The van der Waals surface area contributed by atoms with Crippen LogP contribution in [0.25, 0.3) is 55.3 Å². The van der Waals surface area contributed by atoms with E-state index in [1.165, 1.54) is 0 Å². The third-order valence-electron chi connectivity index (χ3n) is 5.68. The van der Waals surface area contributed by atoms with Gasteiger partial charge in [0, 0.05) is 46.7 Å². The van der Waals surface area contributed by atoms with Gasteiger partial charge in [-0.05, 0) is 43.7 Å². The maximum atomic E-state index is 5.86. The molecule has 0 unspecified atom stereocenters. The van der Waals surface area contributed by atoms with E-state index in [0.717, 1.165) is 50.5 Å². The van der Waals surface area contributed by atoms with Crippen molar-refractivity contribution < 1.29 is 4.74 Å². The molecule has 10 heteroatoms. The molecule has 0 amide bonds. The zero-order valence-electron chi connectivity index (χ0n) is 19.2. The van der Waals surface area contributed by atoms with E-state index in [-0.39, 0.29) is 0 Å². The second-order valence-electron chi connectivity index (χ2n) is 8.37. The second kappa shape index (κ2) is 8.90. The highest BCUT2D eigenvalue weighted by Gasteiger charge is 2.17. The Bertz CT molecular complexity index is 1620. The second-order valence-corrected chi connectivity index (χ2v) is 9.32. The van der Waals surface area contributed by atoms with Gasteiger partial charge in [0.2, 0.25) is 0 Å². The molecular formula is C25H22N8OS. The molecule has 35 heavy (non-hydrogen) atoms. The van der Waals surface area contributed by atoms with Gasteiger partial charge >= 0.3 is 0 Å². The molecule has 6 aromatic rings. The van der Waals surface area contributed by atoms with E-state index in [2.05, 4.69) is 46.5 Å². The van der Waals surface area contributed by atoms with Gasteiger partial charge in [0.1, 0.15) is 18.1 Å². The molecule has 0 aromatic carbocycles. The Hall–Kier alpha value is -4.15. The van der Waals surface area contributed by atoms with Gasteiger partial charge in [-0.2, -0.15) is 5.10 Å². The van der Waals surface area contributed by atoms with Gasteiger partial charge in [-0.1, -0.05) is 6.07 Å². The van der Waals surface area contributed by atoms with Crippen molar-refractivity contribution in [2.24, 2.45) is 0 Å². The summed E-state index contributed by atoms with van der Waals surface area (Å²) in [5.74, 6) is 1.39. The molecule has 6 heterocycles. The first-order chi connectivity index (χ1) is 17.2. The zero-order chi connectivity index (χ0) is 23.8. The number of hydrogen-bond donors (Lipinski definition) is 2. The van der Waals surface area contributed by atoms with Crippen LogP contribution in [-0.2, 0) is 0 Å². The molecular weight excluding hydrogens is 460 g/mol. The molecule has 0 aliphatic carbocycles. The fourth-order valence-electron chi connectivity index (χ4n) is 3.91. The van der Waals surface area contributed by atoms with E-state index >= 15 is 0 Å². The number of H-pyrrole nitrogens is 2. The molecule has 0 aliphatic rings. The van der Waals surface area contributed by atoms with E-state index < -0.39 is 0 Å². The van der Waals surface area contributed by atoms with Gasteiger partial charge in [0.05, 0.1) is 17.1 Å². The molecule has 0 aliphatic heterocycles. The smallest absolute Gasteiger partial charge is 0.181 e. The number of aromatic amines is 2. The van der Waals surface area contributed by atoms with Crippen LogP contribution in [-0.4, -0.2) is 67.3 Å². The summed E-state index contributed by atoms with van der Waals surface area (Å²) < 4.78 is 5.86. The molecule has 0 atom stereocenters. The van der Waals surface area contributed by atoms with Gasteiger partial charge in [-0.25, -0.2) is 15.0 Å². The molecule has 6 rings (SSSR count). The Balaban J connectivity index is 1.38. The third kappa shape index (κ3) is 4.13. The van der Waals surface area contributed by atoms with Crippen molar-refractivity contribution in [3.63, 3.8) is 0 Å². The number of fused-ring (bicyclic) bond motifs is 2. The highest BCUT2D eigenvalue weighted by molar-refractivity contribution is 7.13. The van der Waals surface area contributed by atoms with E-state index in [1.54, 1.807) is 36.1 Å². The van der Waals surface area contributed by atoms with Crippen LogP contribution in [0.2, 0.25) is 0 Å². The molecule has 0 radical (unpaired) electrons. The van der Waals surface area contributed by atoms with Crippen LogP contribution in [0.4, 0.5) is 0 Å². The summed E-state index contributed by atoms with van der Waals surface area (Å²) in [5, 5.41) is 10.4. The Kier molecular flexibility index (Phi) is 5.44. The summed E-state index contributed by atoms with van der Waals surface area (Å²) in [6.07, 6.45) is 7.11. The Morgan fingerprint density at radius 1 is 1.03 bits per heavy atom. The maximum Gasteiger partial charge on any atom is 0.181 e. The Morgan fingerprint density at radius 2 is 1.94 bits per heavy atom. The summed E-state index contributed by atoms with van der Waals surface area (Å²) in [6.45, 7) is 1.42. The lowest BCUT2D eigenvalue weighted by molar-refractivity contribution is 0.261. The van der Waals surface area contributed by atoms with Crippen LogP contribution in [0, 0.1) is 0 Å². The van der Waals surface area contributed by atoms with Crippen molar-refractivity contribution in [1.82, 2.24) is 40.0 Å². The fraction of sp³-hybridized carbons (Fsp3) is 0.160. The quantitative estimate of drug-likeness (QED) is 0.342. The first-order valence-corrected chi connectivity index (χ1v) is 12.0. The minimum absolute atomic E-state index is 0.592. The summed E-state index contributed by atoms with van der Waals surface area (Å²) in [4.78, 5) is 24.8. The normalized spacial score (nSPS) is 11.6. The number of nitrogens with zero attached hydrogens (tertiary/aromatic N) is 6. The number of pyridine rings is 3. The van der Waals surface area contributed by atoms with E-state index in [4.69, 9.17) is 9.72 Å². The number of rotatable bonds is 7. The Labute approximate surface area is 204 Å². The maximum absolute atomic E-state index is 5.86. The van der Waals surface area contributed by atoms with Crippen LogP contribution < -0.4 is 4.74 Å². The van der Waals surface area contributed by atoms with Gasteiger partial charge < -0.3 is 14.6 Å². The van der Waals surface area contributed by atoms with Crippen molar-refractivity contribution in [2.45, 2.75) is 0 Å². The lowest BCUT2D eigenvalue weighted by atomic mass is 10.1. The molecule has 0 bridgehead atoms. The predicted molar refractivity (Wildman–Crippen MR) is 137 cm³/mol. The third-order valence-corrected chi connectivity index (χ3v) is 6.58. The van der Waals surface area contributed by atoms with Crippen molar-refractivity contribution in [3.05, 3.63) is 60.5 Å². The Morgan fingerprint density at radius 3 is 2.80 bits per heavy atom. The highest BCUT2D eigenvalue weighted by Crippen LogP contribution is 2.33. The molecule has 0 spiro atoms. The van der Waals surface area contributed by atoms with E-state index in [9.17, 15) is 0 Å². The number of thiophene rings is 1. The molecule has 0 saturated carbocycles. The standard InChI is InChI=1S/C25H22N8OS/c1-33(2)7-8-34-17-10-15(12-26-14-17)16-11-19-22(31-32-23(19)28-13-16)25-29-21-18(20-4-3-9-35-20)5-6-27-24(21)30-25/h3-6,9-14H,7-8H2,1-2H3,(H,27,29,30)(H,28,31,32). The van der Waals surface area contributed by atoms with Crippen LogP contribution in [0.3, 0.4) is 0 Å². The number of likely N-dealkylation sites (N-methyl/N-ethyl adjacent to an activating group) is 1. The van der Waals surface area contributed by atoms with Gasteiger partial charge in [-0.3, -0.25) is 10.1 Å². The van der Waals surface area contributed by atoms with Crippen molar-refractivity contribution in [3.8, 4) is 38.8 Å². The van der Waals surface area contributed by atoms with Crippen LogP contribution in [0.1, 0.15) is 0 Å². The molecule has 174 valence electrons. The SMILES string of the molecule is CN(C)CCOc1cncc(-c2cnc3n[nH]c(-c4nc5nccc(-c6cccs6)c5[nH]4)c3c2)c1. The zero-order valence-corrected chi connectivity index (χ0v) is 20.0.